The minimum Gasteiger partial charge on any atom is -0.462 e. The molecule has 2 N–H and O–H groups in total. The lowest BCUT2D eigenvalue weighted by molar-refractivity contribution is 0.265. The van der Waals surface area contributed by atoms with Gasteiger partial charge in [-0.25, -0.2) is 4.99 Å². The van der Waals surface area contributed by atoms with Crippen molar-refractivity contribution in [2.45, 2.75) is 33.2 Å². The van der Waals surface area contributed by atoms with Crippen molar-refractivity contribution in [2.75, 3.05) is 6.61 Å². The van der Waals surface area contributed by atoms with Gasteiger partial charge < -0.3 is 10.5 Å². The first-order valence-electron chi connectivity index (χ1n) is 5.49. The van der Waals surface area contributed by atoms with Gasteiger partial charge in [0.05, 0.1) is 0 Å². The minimum absolute atomic E-state index is 0.293. The largest absolute Gasteiger partial charge is 0.462 e. The summed E-state index contributed by atoms with van der Waals surface area (Å²) >= 11 is 0. The van der Waals surface area contributed by atoms with Crippen molar-refractivity contribution in [3.63, 3.8) is 0 Å². The van der Waals surface area contributed by atoms with Crippen LogP contribution in [-0.2, 0) is 10.3 Å². The van der Waals surface area contributed by atoms with Gasteiger partial charge in [-0.15, -0.1) is 0 Å². The molecule has 0 radical (unpaired) electrons. The van der Waals surface area contributed by atoms with E-state index in [4.69, 9.17) is 10.5 Å². The van der Waals surface area contributed by atoms with E-state index in [1.54, 1.807) is 0 Å². The molecule has 0 saturated heterocycles. The molecule has 1 heterocycles. The van der Waals surface area contributed by atoms with Crippen molar-refractivity contribution in [2.24, 2.45) is 10.7 Å². The van der Waals surface area contributed by atoms with Crippen LogP contribution in [0.2, 0.25) is 0 Å². The first kappa shape index (κ1) is 11.0. The summed E-state index contributed by atoms with van der Waals surface area (Å²) < 4.78 is 5.29. The number of nitrogens with two attached hydrogens (primary N) is 1. The molecule has 0 spiro atoms. The fourth-order valence-corrected chi connectivity index (χ4v) is 2.68. The van der Waals surface area contributed by atoms with Crippen LogP contribution < -0.4 is 5.73 Å². The molecule has 1 aliphatic rings. The first-order valence-corrected chi connectivity index (χ1v) is 5.49. The zero-order valence-corrected chi connectivity index (χ0v) is 10.3. The third-order valence-corrected chi connectivity index (χ3v) is 3.07. The maximum absolute atomic E-state index is 5.61. The van der Waals surface area contributed by atoms with Gasteiger partial charge in [-0.1, -0.05) is 17.7 Å². The monoisotopic (exact) mass is 218 g/mol. The van der Waals surface area contributed by atoms with E-state index in [-0.39, 0.29) is 5.54 Å². The fraction of sp³-hybridized carbons (Fsp3) is 0.462. The van der Waals surface area contributed by atoms with Crippen LogP contribution in [0.3, 0.4) is 0 Å². The SMILES string of the molecule is Cc1cc(C)c(C2(C)COC(N)=N2)c(C)c1. The molecule has 1 aromatic rings. The number of amidine groups is 1. The van der Waals surface area contributed by atoms with Crippen LogP contribution >= 0.6 is 0 Å². The van der Waals surface area contributed by atoms with Gasteiger partial charge in [0.15, 0.2) is 0 Å². The van der Waals surface area contributed by atoms with Crippen LogP contribution in [0.1, 0.15) is 29.2 Å². The molecule has 1 atom stereocenters. The average molecular weight is 218 g/mol. The van der Waals surface area contributed by atoms with Gasteiger partial charge in [0, 0.05) is 0 Å². The molecule has 0 aromatic heterocycles. The third-order valence-electron chi connectivity index (χ3n) is 3.07. The summed E-state index contributed by atoms with van der Waals surface area (Å²) in [6.07, 6.45) is 0. The van der Waals surface area contributed by atoms with Crippen molar-refractivity contribution in [3.8, 4) is 0 Å². The Labute approximate surface area is 96.3 Å². The summed E-state index contributed by atoms with van der Waals surface area (Å²) in [5.74, 6) is 0. The number of rotatable bonds is 1. The lowest BCUT2D eigenvalue weighted by Gasteiger charge is -2.24. The van der Waals surface area contributed by atoms with Gasteiger partial charge in [0.1, 0.15) is 12.1 Å². The smallest absolute Gasteiger partial charge is 0.283 e. The van der Waals surface area contributed by atoms with E-state index in [0.717, 1.165) is 0 Å². The van der Waals surface area contributed by atoms with Crippen LogP contribution in [-0.4, -0.2) is 12.6 Å². The van der Waals surface area contributed by atoms with Crippen molar-refractivity contribution < 1.29 is 4.74 Å². The van der Waals surface area contributed by atoms with E-state index >= 15 is 0 Å². The molecule has 1 unspecified atom stereocenters. The summed E-state index contributed by atoms with van der Waals surface area (Å²) in [6.45, 7) is 8.94. The maximum atomic E-state index is 5.61. The topological polar surface area (TPSA) is 47.6 Å². The predicted octanol–water partition coefficient (Wildman–Crippen LogP) is 2.17. The van der Waals surface area contributed by atoms with Gasteiger partial charge in [0.25, 0.3) is 6.02 Å². The van der Waals surface area contributed by atoms with Crippen LogP contribution in [0.15, 0.2) is 17.1 Å². The third kappa shape index (κ3) is 1.66. The van der Waals surface area contributed by atoms with E-state index in [0.29, 0.717) is 12.6 Å². The van der Waals surface area contributed by atoms with E-state index in [9.17, 15) is 0 Å². The standard InChI is InChI=1S/C13H18N2O/c1-8-5-9(2)11(10(3)6-8)13(4)7-16-12(14)15-13/h5-6H,7H2,1-4H3,(H2,14,15). The normalized spacial score (nSPS) is 24.1. The molecule has 0 amide bonds. The molecule has 0 aliphatic carbocycles. The number of hydrogen-bond acceptors (Lipinski definition) is 3. The average Bonchev–Trinajstić information content (AvgIpc) is 2.44. The zero-order chi connectivity index (χ0) is 11.9. The van der Waals surface area contributed by atoms with Gasteiger partial charge in [-0.05, 0) is 44.4 Å². The first-order chi connectivity index (χ1) is 7.42. The molecule has 0 bridgehead atoms. The van der Waals surface area contributed by atoms with E-state index in [2.05, 4.69) is 44.8 Å². The Bertz CT molecular complexity index is 442. The second kappa shape index (κ2) is 3.51. The number of benzene rings is 1. The Morgan fingerprint density at radius 3 is 2.25 bits per heavy atom. The van der Waals surface area contributed by atoms with Crippen molar-refractivity contribution in [1.29, 1.82) is 0 Å². The molecular formula is C13H18N2O. The minimum atomic E-state index is -0.327. The number of aliphatic imine (C=N–C) groups is 1. The number of hydrogen-bond donors (Lipinski definition) is 1. The number of ether oxygens (including phenoxy) is 1. The Morgan fingerprint density at radius 1 is 1.25 bits per heavy atom. The molecule has 16 heavy (non-hydrogen) atoms. The molecule has 3 nitrogen and oxygen atoms in total. The highest BCUT2D eigenvalue weighted by Crippen LogP contribution is 2.34. The highest BCUT2D eigenvalue weighted by Gasteiger charge is 2.35. The molecule has 0 fully saturated rings. The molecule has 1 aromatic carbocycles. The van der Waals surface area contributed by atoms with E-state index in [1.807, 2.05) is 0 Å². The second-order valence-electron chi connectivity index (χ2n) is 4.79. The Hall–Kier alpha value is -1.51. The van der Waals surface area contributed by atoms with Crippen molar-refractivity contribution in [1.82, 2.24) is 0 Å². The van der Waals surface area contributed by atoms with Crippen molar-refractivity contribution in [3.05, 3.63) is 34.4 Å². The lowest BCUT2D eigenvalue weighted by Crippen LogP contribution is -2.23. The van der Waals surface area contributed by atoms with Gasteiger partial charge in [-0.3, -0.25) is 0 Å². The van der Waals surface area contributed by atoms with Gasteiger partial charge >= 0.3 is 0 Å². The Balaban J connectivity index is 2.57. The van der Waals surface area contributed by atoms with E-state index < -0.39 is 0 Å². The van der Waals surface area contributed by atoms with Gasteiger partial charge in [-0.2, -0.15) is 0 Å². The van der Waals surface area contributed by atoms with Crippen LogP contribution in [0.4, 0.5) is 0 Å². The maximum Gasteiger partial charge on any atom is 0.283 e. The fourth-order valence-electron chi connectivity index (χ4n) is 2.68. The summed E-state index contributed by atoms with van der Waals surface area (Å²) in [5.41, 5.74) is 10.3. The van der Waals surface area contributed by atoms with E-state index in [1.165, 1.54) is 22.3 Å². The van der Waals surface area contributed by atoms with Crippen LogP contribution in [0.5, 0.6) is 0 Å². The Morgan fingerprint density at radius 2 is 1.81 bits per heavy atom. The second-order valence-corrected chi connectivity index (χ2v) is 4.79. The predicted molar refractivity (Wildman–Crippen MR) is 65.6 cm³/mol. The molecular weight excluding hydrogens is 200 g/mol. The summed E-state index contributed by atoms with van der Waals surface area (Å²) in [7, 11) is 0. The van der Waals surface area contributed by atoms with Crippen LogP contribution in [0, 0.1) is 20.8 Å². The summed E-state index contributed by atoms with van der Waals surface area (Å²) in [4.78, 5) is 4.41. The highest BCUT2D eigenvalue weighted by atomic mass is 16.5. The molecule has 2 rings (SSSR count). The summed E-state index contributed by atoms with van der Waals surface area (Å²) in [6, 6.07) is 4.65. The summed E-state index contributed by atoms with van der Waals surface area (Å²) in [5, 5.41) is 0. The zero-order valence-electron chi connectivity index (χ0n) is 10.3. The quantitative estimate of drug-likeness (QED) is 0.785. The molecule has 3 heteroatoms. The molecule has 1 aliphatic heterocycles. The molecule has 0 saturated carbocycles. The number of aryl methyl sites for hydroxylation is 3. The highest BCUT2D eigenvalue weighted by molar-refractivity contribution is 5.74. The lowest BCUT2D eigenvalue weighted by atomic mass is 9.85. The number of nitrogens with zero attached hydrogens (tertiary/aromatic N) is 1. The van der Waals surface area contributed by atoms with Crippen LogP contribution in [0.25, 0.3) is 0 Å². The molecule has 86 valence electrons. The van der Waals surface area contributed by atoms with Gasteiger partial charge in [0.2, 0.25) is 0 Å². The van der Waals surface area contributed by atoms with Crippen molar-refractivity contribution >= 4 is 6.02 Å². The Kier molecular flexibility index (Phi) is 2.41.